The van der Waals surface area contributed by atoms with Gasteiger partial charge in [-0.15, -0.1) is 12.6 Å². The molecule has 3 aromatic rings. The van der Waals surface area contributed by atoms with Crippen LogP contribution in [0.15, 0.2) is 60.7 Å². The Morgan fingerprint density at radius 2 is 1.83 bits per heavy atom. The van der Waals surface area contributed by atoms with E-state index in [0.717, 1.165) is 27.9 Å². The Balaban J connectivity index is 1.68. The van der Waals surface area contributed by atoms with Crippen molar-refractivity contribution < 1.29 is 9.53 Å². The fourth-order valence-corrected chi connectivity index (χ4v) is 2.49. The van der Waals surface area contributed by atoms with Gasteiger partial charge < -0.3 is 4.74 Å². The van der Waals surface area contributed by atoms with Crippen molar-refractivity contribution in [1.82, 2.24) is 4.98 Å². The highest BCUT2D eigenvalue weighted by molar-refractivity contribution is 7.96. The van der Waals surface area contributed by atoms with Crippen molar-refractivity contribution in [3.8, 4) is 5.75 Å². The summed E-state index contributed by atoms with van der Waals surface area (Å²) in [4.78, 5) is 15.9. The summed E-state index contributed by atoms with van der Waals surface area (Å²) in [6.45, 7) is 2.25. The first kappa shape index (κ1) is 15.6. The fourth-order valence-electron chi connectivity index (χ4n) is 2.34. The third-order valence-electron chi connectivity index (χ3n) is 3.79. The molecule has 4 heteroatoms. The molecule has 0 fully saturated rings. The molecule has 116 valence electrons. The number of rotatable bonds is 5. The second-order valence-corrected chi connectivity index (χ2v) is 5.85. The number of thiol groups is 1. The average Bonchev–Trinajstić information content (AvgIpc) is 2.59. The normalized spacial score (nSPS) is 12.1. The molecule has 1 heterocycles. The minimum Gasteiger partial charge on any atom is -0.487 e. The van der Waals surface area contributed by atoms with Crippen LogP contribution in [0, 0.1) is 0 Å². The number of ether oxygens (including phenoxy) is 1. The van der Waals surface area contributed by atoms with Gasteiger partial charge in [0.15, 0.2) is 5.12 Å². The zero-order valence-electron chi connectivity index (χ0n) is 12.8. The second-order valence-electron chi connectivity index (χ2n) is 5.41. The van der Waals surface area contributed by atoms with E-state index >= 15 is 0 Å². The van der Waals surface area contributed by atoms with Crippen LogP contribution in [0.1, 0.15) is 24.1 Å². The zero-order chi connectivity index (χ0) is 16.2. The molecule has 2 aromatic carbocycles. The van der Waals surface area contributed by atoms with E-state index in [2.05, 4.69) is 17.6 Å². The lowest BCUT2D eigenvalue weighted by molar-refractivity contribution is -0.111. The summed E-state index contributed by atoms with van der Waals surface area (Å²) in [5.41, 5.74) is 2.78. The van der Waals surface area contributed by atoms with Crippen molar-refractivity contribution in [2.75, 3.05) is 0 Å². The van der Waals surface area contributed by atoms with Gasteiger partial charge in [0.2, 0.25) is 0 Å². The number of hydrogen-bond acceptors (Lipinski definition) is 3. The summed E-state index contributed by atoms with van der Waals surface area (Å²) >= 11 is 3.87. The van der Waals surface area contributed by atoms with E-state index in [1.807, 2.05) is 67.6 Å². The number of carbonyl (C=O) groups is 1. The van der Waals surface area contributed by atoms with Gasteiger partial charge in [-0.3, -0.25) is 4.79 Å². The van der Waals surface area contributed by atoms with E-state index in [9.17, 15) is 4.79 Å². The molecule has 0 aliphatic heterocycles. The van der Waals surface area contributed by atoms with Gasteiger partial charge >= 0.3 is 0 Å². The molecule has 0 bridgehead atoms. The van der Waals surface area contributed by atoms with Crippen LogP contribution in [0.4, 0.5) is 0 Å². The van der Waals surface area contributed by atoms with Gasteiger partial charge in [0.1, 0.15) is 12.4 Å². The molecule has 1 atom stereocenters. The van der Waals surface area contributed by atoms with Gasteiger partial charge in [0.25, 0.3) is 0 Å². The Morgan fingerprint density at radius 3 is 2.57 bits per heavy atom. The topological polar surface area (TPSA) is 39.2 Å². The van der Waals surface area contributed by atoms with E-state index in [-0.39, 0.29) is 11.0 Å². The van der Waals surface area contributed by atoms with Crippen LogP contribution in [0.3, 0.4) is 0 Å². The number of carbonyl (C=O) groups excluding carboxylic acids is 1. The maximum Gasteiger partial charge on any atom is 0.193 e. The van der Waals surface area contributed by atoms with Crippen molar-refractivity contribution in [1.29, 1.82) is 0 Å². The van der Waals surface area contributed by atoms with Crippen molar-refractivity contribution in [2.24, 2.45) is 0 Å². The molecule has 0 aliphatic carbocycles. The highest BCUT2D eigenvalue weighted by atomic mass is 32.1. The number of aromatic nitrogens is 1. The van der Waals surface area contributed by atoms with Gasteiger partial charge in [-0.1, -0.05) is 43.3 Å². The smallest absolute Gasteiger partial charge is 0.193 e. The van der Waals surface area contributed by atoms with E-state index in [1.165, 1.54) is 0 Å². The number of para-hydroxylation sites is 1. The molecule has 23 heavy (non-hydrogen) atoms. The molecule has 3 nitrogen and oxygen atoms in total. The number of fused-ring (bicyclic) bond motifs is 1. The van der Waals surface area contributed by atoms with Crippen molar-refractivity contribution in [3.05, 3.63) is 71.9 Å². The molecule has 0 saturated heterocycles. The highest BCUT2D eigenvalue weighted by Crippen LogP contribution is 2.21. The second kappa shape index (κ2) is 6.84. The zero-order valence-corrected chi connectivity index (χ0v) is 13.7. The maximum absolute atomic E-state index is 11.3. The predicted octanol–water partition coefficient (Wildman–Crippen LogP) is 4.37. The first-order valence-electron chi connectivity index (χ1n) is 7.44. The van der Waals surface area contributed by atoms with Crippen LogP contribution in [0.5, 0.6) is 5.75 Å². The summed E-state index contributed by atoms with van der Waals surface area (Å²) in [5, 5.41) is 0.977. The lowest BCUT2D eigenvalue weighted by Gasteiger charge is -2.10. The molecule has 3 rings (SSSR count). The summed E-state index contributed by atoms with van der Waals surface area (Å²) in [6, 6.07) is 19.5. The Hall–Kier alpha value is -2.33. The number of hydrogen-bond donors (Lipinski definition) is 1. The average molecular weight is 323 g/mol. The molecule has 1 aromatic heterocycles. The van der Waals surface area contributed by atoms with Crippen molar-refractivity contribution in [3.63, 3.8) is 0 Å². The van der Waals surface area contributed by atoms with Crippen LogP contribution in [0.2, 0.25) is 0 Å². The molecule has 0 N–H and O–H groups in total. The minimum atomic E-state index is -0.213. The molecular weight excluding hydrogens is 306 g/mol. The van der Waals surface area contributed by atoms with Crippen LogP contribution < -0.4 is 4.74 Å². The van der Waals surface area contributed by atoms with Crippen LogP contribution in [0.25, 0.3) is 10.9 Å². The lowest BCUT2D eigenvalue weighted by Crippen LogP contribution is -2.02. The van der Waals surface area contributed by atoms with Crippen molar-refractivity contribution >= 4 is 28.6 Å². The quantitative estimate of drug-likeness (QED) is 0.709. The molecule has 0 saturated carbocycles. The van der Waals surface area contributed by atoms with Gasteiger partial charge in [0.05, 0.1) is 17.1 Å². The van der Waals surface area contributed by atoms with Crippen molar-refractivity contribution in [2.45, 2.75) is 19.4 Å². The van der Waals surface area contributed by atoms with Crippen LogP contribution >= 0.6 is 12.6 Å². The van der Waals surface area contributed by atoms with E-state index in [1.54, 1.807) is 0 Å². The van der Waals surface area contributed by atoms with E-state index in [0.29, 0.717) is 6.61 Å². The molecule has 0 amide bonds. The van der Waals surface area contributed by atoms with E-state index in [4.69, 9.17) is 4.74 Å². The Kier molecular flexibility index (Phi) is 4.63. The highest BCUT2D eigenvalue weighted by Gasteiger charge is 2.11. The molecule has 0 radical (unpaired) electrons. The summed E-state index contributed by atoms with van der Waals surface area (Å²) in [7, 11) is 0. The third-order valence-corrected chi connectivity index (χ3v) is 4.18. The first-order chi connectivity index (χ1) is 11.1. The maximum atomic E-state index is 11.3. The molecule has 1 unspecified atom stereocenters. The molecule has 0 spiro atoms. The Morgan fingerprint density at radius 1 is 1.09 bits per heavy atom. The largest absolute Gasteiger partial charge is 0.487 e. The monoisotopic (exact) mass is 323 g/mol. The summed E-state index contributed by atoms with van der Waals surface area (Å²) in [6.07, 6.45) is 0. The Labute approximate surface area is 140 Å². The van der Waals surface area contributed by atoms with Crippen LogP contribution in [-0.2, 0) is 11.4 Å². The first-order valence-corrected chi connectivity index (χ1v) is 7.88. The van der Waals surface area contributed by atoms with E-state index < -0.39 is 0 Å². The standard InChI is InChI=1S/C19H17NO2S/c1-13(19(21)23)14-7-10-17(11-8-14)22-12-16-9-6-15-4-2-3-5-18(15)20-16/h2-11,13H,12H2,1H3,(H,21,23). The van der Waals surface area contributed by atoms with Gasteiger partial charge in [-0.2, -0.15) is 0 Å². The third kappa shape index (κ3) is 3.71. The van der Waals surface area contributed by atoms with Gasteiger partial charge in [-0.05, 0) is 29.8 Å². The summed E-state index contributed by atoms with van der Waals surface area (Å²) < 4.78 is 5.77. The number of nitrogens with zero attached hydrogens (tertiary/aromatic N) is 1. The summed E-state index contributed by atoms with van der Waals surface area (Å²) in [5.74, 6) is 0.539. The Bertz CT molecular complexity index is 830. The SMILES string of the molecule is CC(C(=O)S)c1ccc(OCc2ccc3ccccc3n2)cc1. The molecular formula is C19H17NO2S. The lowest BCUT2D eigenvalue weighted by atomic mass is 10.0. The van der Waals surface area contributed by atoms with Gasteiger partial charge in [0, 0.05) is 5.39 Å². The number of pyridine rings is 1. The fraction of sp³-hybridized carbons (Fsp3) is 0.158. The minimum absolute atomic E-state index is 0.140. The number of benzene rings is 2. The molecule has 0 aliphatic rings. The van der Waals surface area contributed by atoms with Crippen LogP contribution in [-0.4, -0.2) is 10.1 Å². The predicted molar refractivity (Wildman–Crippen MR) is 94.9 cm³/mol. The van der Waals surface area contributed by atoms with Gasteiger partial charge in [-0.25, -0.2) is 4.98 Å².